The normalized spacial score (nSPS) is 12.0. The van der Waals surface area contributed by atoms with Crippen LogP contribution in [-0.2, 0) is 14.4 Å². The van der Waals surface area contributed by atoms with Crippen LogP contribution in [0.1, 0.15) is 19.3 Å². The lowest BCUT2D eigenvalue weighted by Crippen LogP contribution is -2.41. The van der Waals surface area contributed by atoms with Crippen LogP contribution in [0, 0.1) is 5.92 Å². The quantitative estimate of drug-likeness (QED) is 0.293. The van der Waals surface area contributed by atoms with Gasteiger partial charge in [0, 0.05) is 18.3 Å². The Morgan fingerprint density at radius 2 is 1.56 bits per heavy atom. The lowest BCUT2D eigenvalue weighted by atomic mass is 10.00. The minimum absolute atomic E-state index is 0.218. The van der Waals surface area contributed by atoms with Gasteiger partial charge in [-0.15, -0.1) is 0 Å². The van der Waals surface area contributed by atoms with Crippen molar-refractivity contribution in [1.82, 2.24) is 0 Å². The summed E-state index contributed by atoms with van der Waals surface area (Å²) < 4.78 is 0.500. The van der Waals surface area contributed by atoms with Crippen molar-refractivity contribution in [3.63, 3.8) is 0 Å². The van der Waals surface area contributed by atoms with Crippen LogP contribution in [0.25, 0.3) is 0 Å². The van der Waals surface area contributed by atoms with Gasteiger partial charge in [-0.3, -0.25) is 14.2 Å². The smallest absolute Gasteiger partial charge is 0.304 e. The molecule has 0 saturated heterocycles. The van der Waals surface area contributed by atoms with Gasteiger partial charge in [-0.2, -0.15) is 5.84 Å². The number of carbonyl (C=O) groups is 3. The summed E-state index contributed by atoms with van der Waals surface area (Å²) in [5, 5.41) is 26.8. The van der Waals surface area contributed by atoms with Crippen molar-refractivity contribution in [3.05, 3.63) is 0 Å². The van der Waals surface area contributed by atoms with Crippen LogP contribution >= 0.6 is 0 Å². The van der Waals surface area contributed by atoms with Crippen LogP contribution < -0.4 is 10.9 Å². The number of nitrogens with two attached hydrogens (primary N) is 1. The summed E-state index contributed by atoms with van der Waals surface area (Å²) in [6.45, 7) is 0. The second-order valence-electron chi connectivity index (χ2n) is 4.66. The molecule has 0 aliphatic carbocycles. The van der Waals surface area contributed by atoms with Gasteiger partial charge in [-0.05, 0) is 6.42 Å². The number of carbonyl (C=O) groups excluding carboxylic acids is 1. The maximum atomic E-state index is 10.3. The standard InChI is InChI=1S/C7H10O6.C3H11N2/c8-5(9)2-1-4(7(12)13)3-6(10)11;1-5(2,3)4/h4H,1-3H2,(H,8,9)(H,10,11)(H,12,13);4H2,1-3H3/q;+1/p-1. The SMILES string of the molecule is C[N+](C)(C)N.O=C(O)CCC(CC(=O)O)C(=O)[O-]. The first-order chi connectivity index (χ1) is 7.93. The molecule has 8 nitrogen and oxygen atoms in total. The predicted molar refractivity (Wildman–Crippen MR) is 59.8 cm³/mol. The third-order valence-electron chi connectivity index (χ3n) is 1.46. The van der Waals surface area contributed by atoms with Crippen molar-refractivity contribution in [2.45, 2.75) is 19.3 Å². The Kier molecular flexibility index (Phi) is 8.75. The number of aliphatic carboxylic acids is 3. The monoisotopic (exact) mass is 264 g/mol. The molecule has 106 valence electrons. The Bertz CT molecular complexity index is 291. The van der Waals surface area contributed by atoms with Crippen LogP contribution in [0.3, 0.4) is 0 Å². The van der Waals surface area contributed by atoms with Crippen molar-refractivity contribution in [1.29, 1.82) is 0 Å². The molecule has 0 bridgehead atoms. The zero-order valence-electron chi connectivity index (χ0n) is 10.8. The van der Waals surface area contributed by atoms with Crippen molar-refractivity contribution in [2.75, 3.05) is 21.1 Å². The number of quaternary nitrogens is 1. The van der Waals surface area contributed by atoms with Crippen LogP contribution in [0.2, 0.25) is 0 Å². The van der Waals surface area contributed by atoms with E-state index in [1.165, 1.54) is 0 Å². The Labute approximate surface area is 105 Å². The van der Waals surface area contributed by atoms with Gasteiger partial charge < -0.3 is 20.1 Å². The summed E-state index contributed by atoms with van der Waals surface area (Å²) >= 11 is 0. The van der Waals surface area contributed by atoms with E-state index < -0.39 is 30.2 Å². The first kappa shape index (κ1) is 18.7. The van der Waals surface area contributed by atoms with E-state index in [9.17, 15) is 19.5 Å². The average molecular weight is 264 g/mol. The molecule has 18 heavy (non-hydrogen) atoms. The van der Waals surface area contributed by atoms with Crippen molar-refractivity contribution in [2.24, 2.45) is 11.8 Å². The molecule has 1 unspecified atom stereocenters. The predicted octanol–water partition coefficient (Wildman–Crippen LogP) is -1.74. The fourth-order valence-electron chi connectivity index (χ4n) is 0.812. The molecule has 1 atom stereocenters. The van der Waals surface area contributed by atoms with Gasteiger partial charge >= 0.3 is 11.9 Å². The maximum Gasteiger partial charge on any atom is 0.304 e. The van der Waals surface area contributed by atoms with Gasteiger partial charge in [0.1, 0.15) is 0 Å². The molecule has 0 amide bonds. The molecular weight excluding hydrogens is 244 g/mol. The molecule has 0 rings (SSSR count). The van der Waals surface area contributed by atoms with Crippen molar-refractivity contribution < 1.29 is 34.3 Å². The summed E-state index contributed by atoms with van der Waals surface area (Å²) in [6, 6.07) is 0. The molecule has 0 fully saturated rings. The minimum Gasteiger partial charge on any atom is -0.550 e. The second-order valence-corrected chi connectivity index (χ2v) is 4.66. The van der Waals surface area contributed by atoms with Crippen LogP contribution in [0.4, 0.5) is 0 Å². The van der Waals surface area contributed by atoms with E-state index in [1.807, 2.05) is 21.1 Å². The zero-order valence-corrected chi connectivity index (χ0v) is 10.8. The summed E-state index contributed by atoms with van der Waals surface area (Å²) in [4.78, 5) is 30.5. The van der Waals surface area contributed by atoms with Gasteiger partial charge in [0.25, 0.3) is 0 Å². The number of hydrogen-bond acceptors (Lipinski definition) is 5. The number of hydrogen-bond donors (Lipinski definition) is 3. The molecule has 0 heterocycles. The fraction of sp³-hybridized carbons (Fsp3) is 0.700. The molecule has 0 aromatic heterocycles. The van der Waals surface area contributed by atoms with Gasteiger partial charge in [0.05, 0.1) is 27.6 Å². The number of nitrogens with zero attached hydrogens (tertiary/aromatic N) is 1. The van der Waals surface area contributed by atoms with Gasteiger partial charge in [0.2, 0.25) is 0 Å². The molecule has 4 N–H and O–H groups in total. The van der Waals surface area contributed by atoms with Gasteiger partial charge in [0.15, 0.2) is 0 Å². The zero-order chi connectivity index (χ0) is 14.9. The van der Waals surface area contributed by atoms with E-state index in [1.54, 1.807) is 0 Å². The number of carboxylic acid groups (broad SMARTS) is 3. The third-order valence-corrected chi connectivity index (χ3v) is 1.46. The number of carboxylic acids is 3. The molecule has 0 aliphatic rings. The van der Waals surface area contributed by atoms with Crippen LogP contribution in [0.5, 0.6) is 0 Å². The summed E-state index contributed by atoms with van der Waals surface area (Å²) in [6.07, 6.45) is -1.19. The number of rotatable bonds is 6. The van der Waals surface area contributed by atoms with Crippen molar-refractivity contribution in [3.8, 4) is 0 Å². The van der Waals surface area contributed by atoms with Crippen LogP contribution in [0.15, 0.2) is 0 Å². The summed E-state index contributed by atoms with van der Waals surface area (Å²) in [7, 11) is 5.71. The molecule has 0 radical (unpaired) electrons. The fourth-order valence-corrected chi connectivity index (χ4v) is 0.812. The second kappa shape index (κ2) is 8.43. The minimum atomic E-state index is -1.52. The molecular formula is C10H20N2O6. The summed E-state index contributed by atoms with van der Waals surface area (Å²) in [5.41, 5.74) is 0. The highest BCUT2D eigenvalue weighted by Gasteiger charge is 2.15. The molecule has 0 aromatic carbocycles. The lowest BCUT2D eigenvalue weighted by Gasteiger charge is -2.13. The Morgan fingerprint density at radius 1 is 1.17 bits per heavy atom. The van der Waals surface area contributed by atoms with E-state index in [0.29, 0.717) is 4.59 Å². The Hall–Kier alpha value is -1.67. The highest BCUT2D eigenvalue weighted by molar-refractivity contribution is 5.77. The van der Waals surface area contributed by atoms with Gasteiger partial charge in [-0.1, -0.05) is 0 Å². The van der Waals surface area contributed by atoms with Crippen molar-refractivity contribution >= 4 is 17.9 Å². The molecule has 8 heteroatoms. The van der Waals surface area contributed by atoms with E-state index in [0.717, 1.165) is 0 Å². The first-order valence-electron chi connectivity index (χ1n) is 5.18. The van der Waals surface area contributed by atoms with E-state index in [4.69, 9.17) is 16.1 Å². The largest absolute Gasteiger partial charge is 0.550 e. The van der Waals surface area contributed by atoms with Gasteiger partial charge in [-0.25, -0.2) is 0 Å². The van der Waals surface area contributed by atoms with E-state index in [2.05, 4.69) is 0 Å². The summed E-state index contributed by atoms with van der Waals surface area (Å²) in [5.74, 6) is 0.105. The maximum absolute atomic E-state index is 10.3. The highest BCUT2D eigenvalue weighted by Crippen LogP contribution is 2.10. The van der Waals surface area contributed by atoms with E-state index >= 15 is 0 Å². The Balaban J connectivity index is 0. The van der Waals surface area contributed by atoms with E-state index in [-0.39, 0.29) is 12.8 Å². The topological polar surface area (TPSA) is 141 Å². The molecule has 0 spiro atoms. The molecule has 0 aliphatic heterocycles. The third kappa shape index (κ3) is 19.8. The average Bonchev–Trinajstić information content (AvgIpc) is 2.07. The molecule has 0 saturated carbocycles. The first-order valence-corrected chi connectivity index (χ1v) is 5.18. The highest BCUT2D eigenvalue weighted by atomic mass is 16.4. The lowest BCUT2D eigenvalue weighted by molar-refractivity contribution is -0.882. The van der Waals surface area contributed by atoms with Crippen LogP contribution in [-0.4, -0.2) is 53.9 Å². The molecule has 0 aromatic rings. The Morgan fingerprint density at radius 3 is 1.78 bits per heavy atom.